The fourth-order valence-electron chi connectivity index (χ4n) is 3.00. The van der Waals surface area contributed by atoms with Crippen molar-refractivity contribution in [3.05, 3.63) is 47.0 Å². The SMILES string of the molecule is CCOc1ccc(-c2nc(COC(=O)c3cc(OC)c(OC)c(OC)c3)cs2)cc1OC. The van der Waals surface area contributed by atoms with Crippen molar-refractivity contribution in [2.75, 3.05) is 35.0 Å². The van der Waals surface area contributed by atoms with Gasteiger partial charge in [-0.1, -0.05) is 0 Å². The zero-order valence-corrected chi connectivity index (χ0v) is 19.4. The second kappa shape index (κ2) is 10.7. The Morgan fingerprint density at radius 2 is 1.59 bits per heavy atom. The molecule has 1 aromatic heterocycles. The van der Waals surface area contributed by atoms with Crippen LogP contribution in [0.3, 0.4) is 0 Å². The van der Waals surface area contributed by atoms with Crippen LogP contribution in [0.25, 0.3) is 10.6 Å². The summed E-state index contributed by atoms with van der Waals surface area (Å²) < 4.78 is 32.2. The van der Waals surface area contributed by atoms with Crippen molar-refractivity contribution in [1.29, 1.82) is 0 Å². The third-order valence-corrected chi connectivity index (χ3v) is 5.45. The van der Waals surface area contributed by atoms with Gasteiger partial charge in [-0.2, -0.15) is 0 Å². The number of nitrogens with zero attached hydrogens (tertiary/aromatic N) is 1. The zero-order chi connectivity index (χ0) is 23.1. The first-order chi connectivity index (χ1) is 15.5. The van der Waals surface area contributed by atoms with E-state index in [1.54, 1.807) is 19.2 Å². The second-order valence-electron chi connectivity index (χ2n) is 6.43. The number of hydrogen-bond acceptors (Lipinski definition) is 9. The Labute approximate surface area is 190 Å². The number of thiazole rings is 1. The van der Waals surface area contributed by atoms with Gasteiger partial charge >= 0.3 is 5.97 Å². The van der Waals surface area contributed by atoms with Crippen LogP contribution in [-0.4, -0.2) is 46.0 Å². The molecule has 3 rings (SSSR count). The minimum absolute atomic E-state index is 0.0279. The lowest BCUT2D eigenvalue weighted by molar-refractivity contribution is 0.0467. The van der Waals surface area contributed by atoms with E-state index in [1.165, 1.54) is 32.7 Å². The number of esters is 1. The number of carbonyl (C=O) groups excluding carboxylic acids is 1. The van der Waals surface area contributed by atoms with Gasteiger partial charge in [-0.3, -0.25) is 0 Å². The minimum Gasteiger partial charge on any atom is -0.493 e. The van der Waals surface area contributed by atoms with E-state index in [4.69, 9.17) is 28.4 Å². The van der Waals surface area contributed by atoms with Gasteiger partial charge in [0.05, 0.1) is 46.3 Å². The van der Waals surface area contributed by atoms with E-state index in [0.29, 0.717) is 41.0 Å². The Morgan fingerprint density at radius 3 is 2.19 bits per heavy atom. The average molecular weight is 460 g/mol. The highest BCUT2D eigenvalue weighted by Gasteiger charge is 2.18. The van der Waals surface area contributed by atoms with Crippen molar-refractivity contribution in [3.63, 3.8) is 0 Å². The Bertz CT molecular complexity index is 1050. The van der Waals surface area contributed by atoms with Crippen molar-refractivity contribution in [2.24, 2.45) is 0 Å². The van der Waals surface area contributed by atoms with Crippen LogP contribution in [0.15, 0.2) is 35.7 Å². The molecule has 0 saturated carbocycles. The molecular formula is C23H25NO7S. The van der Waals surface area contributed by atoms with Crippen molar-refractivity contribution >= 4 is 17.3 Å². The lowest BCUT2D eigenvalue weighted by Crippen LogP contribution is -2.07. The summed E-state index contributed by atoms with van der Waals surface area (Å²) in [5.41, 5.74) is 1.81. The van der Waals surface area contributed by atoms with Crippen LogP contribution in [-0.2, 0) is 11.3 Å². The average Bonchev–Trinajstić information content (AvgIpc) is 3.30. The van der Waals surface area contributed by atoms with Crippen LogP contribution in [0.2, 0.25) is 0 Å². The van der Waals surface area contributed by atoms with Gasteiger partial charge in [-0.15, -0.1) is 11.3 Å². The van der Waals surface area contributed by atoms with Crippen LogP contribution in [0.5, 0.6) is 28.7 Å². The molecule has 0 unspecified atom stereocenters. The predicted octanol–water partition coefficient (Wildman–Crippen LogP) is 4.60. The quantitative estimate of drug-likeness (QED) is 0.407. The number of ether oxygens (including phenoxy) is 6. The predicted molar refractivity (Wildman–Crippen MR) is 120 cm³/mol. The molecule has 0 atom stereocenters. The molecule has 2 aromatic carbocycles. The van der Waals surface area contributed by atoms with E-state index in [9.17, 15) is 4.79 Å². The van der Waals surface area contributed by atoms with E-state index >= 15 is 0 Å². The van der Waals surface area contributed by atoms with Gasteiger partial charge in [-0.05, 0) is 37.3 Å². The van der Waals surface area contributed by atoms with E-state index in [0.717, 1.165) is 10.6 Å². The maximum absolute atomic E-state index is 12.6. The molecule has 32 heavy (non-hydrogen) atoms. The summed E-state index contributed by atoms with van der Waals surface area (Å²) >= 11 is 1.45. The van der Waals surface area contributed by atoms with Crippen molar-refractivity contribution in [3.8, 4) is 39.3 Å². The smallest absolute Gasteiger partial charge is 0.338 e. The molecule has 170 valence electrons. The van der Waals surface area contributed by atoms with Gasteiger partial charge in [-0.25, -0.2) is 9.78 Å². The van der Waals surface area contributed by atoms with Crippen molar-refractivity contribution in [2.45, 2.75) is 13.5 Å². The Morgan fingerprint density at radius 1 is 0.906 bits per heavy atom. The number of hydrogen-bond donors (Lipinski definition) is 0. The number of benzene rings is 2. The highest BCUT2D eigenvalue weighted by molar-refractivity contribution is 7.13. The minimum atomic E-state index is -0.526. The first-order valence-corrected chi connectivity index (χ1v) is 10.6. The van der Waals surface area contributed by atoms with Crippen LogP contribution in [0.1, 0.15) is 23.0 Å². The Balaban J connectivity index is 1.72. The van der Waals surface area contributed by atoms with Crippen LogP contribution < -0.4 is 23.7 Å². The molecule has 0 amide bonds. The first-order valence-electron chi connectivity index (χ1n) is 9.77. The molecule has 8 nitrogen and oxygen atoms in total. The lowest BCUT2D eigenvalue weighted by Gasteiger charge is -2.13. The zero-order valence-electron chi connectivity index (χ0n) is 18.6. The lowest BCUT2D eigenvalue weighted by atomic mass is 10.2. The van der Waals surface area contributed by atoms with E-state index in [-0.39, 0.29) is 12.2 Å². The van der Waals surface area contributed by atoms with Crippen LogP contribution in [0, 0.1) is 0 Å². The summed E-state index contributed by atoms with van der Waals surface area (Å²) in [6, 6.07) is 8.72. The fourth-order valence-corrected chi connectivity index (χ4v) is 3.80. The normalized spacial score (nSPS) is 10.4. The molecule has 3 aromatic rings. The summed E-state index contributed by atoms with van der Waals surface area (Å²) in [6.07, 6.45) is 0. The second-order valence-corrected chi connectivity index (χ2v) is 7.29. The van der Waals surface area contributed by atoms with Crippen molar-refractivity contribution in [1.82, 2.24) is 4.98 Å². The molecule has 0 spiro atoms. The van der Waals surface area contributed by atoms with E-state index in [2.05, 4.69) is 4.98 Å². The molecule has 0 N–H and O–H groups in total. The fraction of sp³-hybridized carbons (Fsp3) is 0.304. The monoisotopic (exact) mass is 459 g/mol. The topological polar surface area (TPSA) is 85.3 Å². The summed E-state index contributed by atoms with van der Waals surface area (Å²) in [4.78, 5) is 17.2. The summed E-state index contributed by atoms with van der Waals surface area (Å²) in [5.74, 6) is 1.94. The Hall–Kier alpha value is -3.46. The van der Waals surface area contributed by atoms with Gasteiger partial charge < -0.3 is 28.4 Å². The van der Waals surface area contributed by atoms with Gasteiger partial charge in [0.25, 0.3) is 0 Å². The van der Waals surface area contributed by atoms with Crippen LogP contribution in [0.4, 0.5) is 0 Å². The number of rotatable bonds is 10. The molecule has 0 aliphatic heterocycles. The van der Waals surface area contributed by atoms with Gasteiger partial charge in [0.1, 0.15) is 11.6 Å². The van der Waals surface area contributed by atoms with Crippen molar-refractivity contribution < 1.29 is 33.2 Å². The highest BCUT2D eigenvalue weighted by Crippen LogP contribution is 2.38. The van der Waals surface area contributed by atoms with Gasteiger partial charge in [0.15, 0.2) is 23.0 Å². The molecule has 0 bridgehead atoms. The summed E-state index contributed by atoms with van der Waals surface area (Å²) in [5, 5.41) is 2.63. The number of carbonyl (C=O) groups is 1. The highest BCUT2D eigenvalue weighted by atomic mass is 32.1. The number of aromatic nitrogens is 1. The van der Waals surface area contributed by atoms with Gasteiger partial charge in [0.2, 0.25) is 5.75 Å². The summed E-state index contributed by atoms with van der Waals surface area (Å²) in [6.45, 7) is 2.49. The first kappa shape index (κ1) is 23.2. The van der Waals surface area contributed by atoms with E-state index in [1.807, 2.05) is 30.5 Å². The molecule has 0 saturated heterocycles. The van der Waals surface area contributed by atoms with E-state index < -0.39 is 5.97 Å². The number of methoxy groups -OCH3 is 4. The maximum atomic E-state index is 12.6. The maximum Gasteiger partial charge on any atom is 0.338 e. The molecular weight excluding hydrogens is 434 g/mol. The molecule has 0 fully saturated rings. The Kier molecular flexibility index (Phi) is 7.77. The molecule has 1 heterocycles. The third kappa shape index (κ3) is 5.05. The molecule has 9 heteroatoms. The van der Waals surface area contributed by atoms with Crippen LogP contribution >= 0.6 is 11.3 Å². The standard InChI is InChI=1S/C23H25NO7S/c1-6-30-17-8-7-14(9-18(17)26-2)22-24-16(13-32-22)12-31-23(25)15-10-19(27-3)21(29-5)20(11-15)28-4/h7-11,13H,6,12H2,1-5H3. The molecule has 0 aliphatic rings. The molecule has 0 radical (unpaired) electrons. The third-order valence-electron chi connectivity index (χ3n) is 4.51. The van der Waals surface area contributed by atoms with Gasteiger partial charge in [0, 0.05) is 10.9 Å². The largest absolute Gasteiger partial charge is 0.493 e. The molecule has 0 aliphatic carbocycles. The summed E-state index contributed by atoms with van der Waals surface area (Å²) in [7, 11) is 6.06.